The molecule has 0 aliphatic carbocycles. The molecule has 0 aliphatic heterocycles. The number of carboxylic acid groups (broad SMARTS) is 1. The molecule has 0 aliphatic rings. The number of carbonyl (C=O) groups excluding carboxylic acids is 3. The summed E-state index contributed by atoms with van der Waals surface area (Å²) in [6.45, 7) is 1.94. The van der Waals surface area contributed by atoms with Crippen LogP contribution in [0.25, 0.3) is 6.08 Å². The third-order valence-corrected chi connectivity index (χ3v) is 7.15. The monoisotopic (exact) mass is 599 g/mol. The molecule has 0 spiro atoms. The van der Waals surface area contributed by atoms with E-state index in [-0.39, 0.29) is 27.9 Å². The van der Waals surface area contributed by atoms with Crippen LogP contribution in [0.2, 0.25) is 5.02 Å². The fourth-order valence-electron chi connectivity index (χ4n) is 3.84. The lowest BCUT2D eigenvalue weighted by Crippen LogP contribution is -2.30. The summed E-state index contributed by atoms with van der Waals surface area (Å²) in [7, 11) is 0. The first-order chi connectivity index (χ1) is 20.2. The van der Waals surface area contributed by atoms with Crippen LogP contribution < -0.4 is 16.0 Å². The van der Waals surface area contributed by atoms with Crippen molar-refractivity contribution < 1.29 is 24.3 Å². The molecule has 212 valence electrons. The fourth-order valence-corrected chi connectivity index (χ4v) is 4.80. The predicted octanol–water partition coefficient (Wildman–Crippen LogP) is 6.49. The van der Waals surface area contributed by atoms with E-state index < -0.39 is 17.8 Å². The maximum atomic E-state index is 13.3. The second-order valence-corrected chi connectivity index (χ2v) is 10.6. The molecule has 4 N–H and O–H groups in total. The van der Waals surface area contributed by atoms with Gasteiger partial charge in [0.15, 0.2) is 0 Å². The molecule has 0 heterocycles. The molecule has 4 aromatic carbocycles. The Morgan fingerprint density at radius 3 is 2.31 bits per heavy atom. The number of aryl methyl sites for hydroxylation is 1. The average Bonchev–Trinajstić information content (AvgIpc) is 2.97. The van der Waals surface area contributed by atoms with Crippen LogP contribution in [-0.2, 0) is 9.59 Å². The van der Waals surface area contributed by atoms with Gasteiger partial charge in [0.25, 0.3) is 11.8 Å². The maximum absolute atomic E-state index is 13.3. The number of anilines is 2. The minimum absolute atomic E-state index is 0.0358. The Labute approximate surface area is 251 Å². The van der Waals surface area contributed by atoms with Crippen LogP contribution in [0.5, 0.6) is 0 Å². The summed E-state index contributed by atoms with van der Waals surface area (Å²) in [5.41, 5.74) is 2.91. The number of halogens is 1. The van der Waals surface area contributed by atoms with E-state index in [0.29, 0.717) is 21.8 Å². The Bertz CT molecular complexity index is 1670. The molecular weight excluding hydrogens is 574 g/mol. The molecule has 0 atom stereocenters. The molecule has 4 rings (SSSR count). The van der Waals surface area contributed by atoms with E-state index in [1.807, 2.05) is 31.2 Å². The molecule has 4 aromatic rings. The number of hydrogen-bond acceptors (Lipinski definition) is 5. The van der Waals surface area contributed by atoms with E-state index in [9.17, 15) is 24.3 Å². The zero-order valence-corrected chi connectivity index (χ0v) is 24.0. The van der Waals surface area contributed by atoms with Crippen molar-refractivity contribution in [2.45, 2.75) is 11.8 Å². The van der Waals surface area contributed by atoms with Crippen molar-refractivity contribution in [3.8, 4) is 0 Å². The molecule has 0 radical (unpaired) electrons. The van der Waals surface area contributed by atoms with Gasteiger partial charge in [-0.2, -0.15) is 0 Å². The summed E-state index contributed by atoms with van der Waals surface area (Å²) in [6.07, 6.45) is 1.61. The summed E-state index contributed by atoms with van der Waals surface area (Å²) in [6, 6.07) is 27.3. The highest BCUT2D eigenvalue weighted by atomic mass is 35.5. The first kappa shape index (κ1) is 30.1. The van der Waals surface area contributed by atoms with Crippen LogP contribution >= 0.6 is 23.4 Å². The first-order valence-corrected chi connectivity index (χ1v) is 14.1. The zero-order chi connectivity index (χ0) is 30.1. The van der Waals surface area contributed by atoms with E-state index >= 15 is 0 Å². The van der Waals surface area contributed by atoms with E-state index in [2.05, 4.69) is 16.0 Å². The van der Waals surface area contributed by atoms with Gasteiger partial charge < -0.3 is 21.1 Å². The van der Waals surface area contributed by atoms with Gasteiger partial charge in [-0.3, -0.25) is 14.4 Å². The van der Waals surface area contributed by atoms with Gasteiger partial charge in [0.2, 0.25) is 5.91 Å². The Balaban J connectivity index is 1.44. The van der Waals surface area contributed by atoms with Crippen LogP contribution in [0.1, 0.15) is 31.8 Å². The van der Waals surface area contributed by atoms with Crippen molar-refractivity contribution in [2.75, 3.05) is 16.4 Å². The lowest BCUT2D eigenvalue weighted by Gasteiger charge is -2.12. The lowest BCUT2D eigenvalue weighted by molar-refractivity contribution is -0.114. The molecule has 10 heteroatoms. The standard InChI is InChI=1S/C32H26ClN3O5S/c1-20-7-5-8-21(15-20)16-28(36-30(38)22-9-3-2-4-10-22)31(39)35-23-11-6-12-25(17-23)42-19-29(37)34-24-13-14-27(33)26(18-24)32(40)41/h2-18H,19H2,1H3,(H,34,37)(H,35,39)(H,36,38)(H,40,41)/b28-16+. The van der Waals surface area contributed by atoms with Crippen molar-refractivity contribution >= 4 is 64.5 Å². The number of benzene rings is 4. The number of hydrogen-bond donors (Lipinski definition) is 4. The van der Waals surface area contributed by atoms with Gasteiger partial charge >= 0.3 is 5.97 Å². The molecular formula is C32H26ClN3O5S. The summed E-state index contributed by atoms with van der Waals surface area (Å²) in [5, 5.41) is 17.5. The first-order valence-electron chi connectivity index (χ1n) is 12.7. The van der Waals surface area contributed by atoms with Gasteiger partial charge in [0, 0.05) is 21.8 Å². The highest BCUT2D eigenvalue weighted by Crippen LogP contribution is 2.24. The SMILES string of the molecule is Cc1cccc(/C=C(/NC(=O)c2ccccc2)C(=O)Nc2cccc(SCC(=O)Nc3ccc(Cl)c(C(=O)O)c3)c2)c1. The highest BCUT2D eigenvalue weighted by molar-refractivity contribution is 8.00. The van der Waals surface area contributed by atoms with Crippen molar-refractivity contribution in [1.29, 1.82) is 0 Å². The number of carbonyl (C=O) groups is 4. The number of carboxylic acids is 1. The zero-order valence-electron chi connectivity index (χ0n) is 22.4. The van der Waals surface area contributed by atoms with E-state index in [1.165, 1.54) is 30.0 Å². The lowest BCUT2D eigenvalue weighted by atomic mass is 10.1. The van der Waals surface area contributed by atoms with E-state index in [4.69, 9.17) is 11.6 Å². The molecule has 3 amide bonds. The Morgan fingerprint density at radius 1 is 0.833 bits per heavy atom. The smallest absolute Gasteiger partial charge is 0.337 e. The summed E-state index contributed by atoms with van der Waals surface area (Å²) < 4.78 is 0. The van der Waals surface area contributed by atoms with Crippen LogP contribution in [-0.4, -0.2) is 34.6 Å². The largest absolute Gasteiger partial charge is 0.478 e. The minimum atomic E-state index is -1.19. The minimum Gasteiger partial charge on any atom is -0.478 e. The molecule has 0 aromatic heterocycles. The molecule has 0 bridgehead atoms. The summed E-state index contributed by atoms with van der Waals surface area (Å²) in [4.78, 5) is 50.7. The van der Waals surface area contributed by atoms with Crippen molar-refractivity contribution in [3.63, 3.8) is 0 Å². The Kier molecular flexibility index (Phi) is 10.1. The summed E-state index contributed by atoms with van der Waals surface area (Å²) >= 11 is 7.12. The molecule has 8 nitrogen and oxygen atoms in total. The molecule has 0 fully saturated rings. The maximum Gasteiger partial charge on any atom is 0.337 e. The number of aromatic carboxylic acids is 1. The number of thioether (sulfide) groups is 1. The van der Waals surface area contributed by atoms with Crippen LogP contribution in [0.3, 0.4) is 0 Å². The Morgan fingerprint density at radius 2 is 1.57 bits per heavy atom. The Hall–Kier alpha value is -4.86. The number of amides is 3. The average molecular weight is 600 g/mol. The third kappa shape index (κ3) is 8.57. The van der Waals surface area contributed by atoms with Crippen LogP contribution in [0, 0.1) is 6.92 Å². The van der Waals surface area contributed by atoms with Crippen LogP contribution in [0.4, 0.5) is 11.4 Å². The number of nitrogens with one attached hydrogen (secondary N) is 3. The van der Waals surface area contributed by atoms with Crippen LogP contribution in [0.15, 0.2) is 108 Å². The van der Waals surface area contributed by atoms with Gasteiger partial charge in [-0.15, -0.1) is 11.8 Å². The van der Waals surface area contributed by atoms with Gasteiger partial charge in [0.1, 0.15) is 5.70 Å². The molecule has 0 unspecified atom stereocenters. The fraction of sp³-hybridized carbons (Fsp3) is 0.0625. The molecule has 0 saturated carbocycles. The molecule has 0 saturated heterocycles. The summed E-state index contributed by atoms with van der Waals surface area (Å²) in [5.74, 6) is -2.44. The van der Waals surface area contributed by atoms with Crippen molar-refractivity contribution in [3.05, 3.63) is 130 Å². The second kappa shape index (κ2) is 14.2. The second-order valence-electron chi connectivity index (χ2n) is 9.11. The molecule has 42 heavy (non-hydrogen) atoms. The quantitative estimate of drug-likeness (QED) is 0.122. The van der Waals surface area contributed by atoms with E-state index in [0.717, 1.165) is 11.1 Å². The van der Waals surface area contributed by atoms with E-state index in [1.54, 1.807) is 60.7 Å². The third-order valence-electron chi connectivity index (χ3n) is 5.82. The van der Waals surface area contributed by atoms with Gasteiger partial charge in [-0.1, -0.05) is 65.7 Å². The topological polar surface area (TPSA) is 125 Å². The number of rotatable bonds is 10. The van der Waals surface area contributed by atoms with Crippen molar-refractivity contribution in [1.82, 2.24) is 5.32 Å². The van der Waals surface area contributed by atoms with Gasteiger partial charge in [-0.25, -0.2) is 4.79 Å². The van der Waals surface area contributed by atoms with Crippen molar-refractivity contribution in [2.24, 2.45) is 0 Å². The normalized spacial score (nSPS) is 11.0. The predicted molar refractivity (Wildman–Crippen MR) is 166 cm³/mol. The van der Waals surface area contributed by atoms with Gasteiger partial charge in [-0.05, 0) is 67.1 Å². The highest BCUT2D eigenvalue weighted by Gasteiger charge is 2.16. The van der Waals surface area contributed by atoms with Gasteiger partial charge in [0.05, 0.1) is 16.3 Å².